The summed E-state index contributed by atoms with van der Waals surface area (Å²) in [5.41, 5.74) is 1.63. The molecule has 0 radical (unpaired) electrons. The number of nitrogens with zero attached hydrogens (tertiary/aromatic N) is 2. The number of ether oxygens (including phenoxy) is 2. The van der Waals surface area contributed by atoms with Crippen LogP contribution >= 0.6 is 22.9 Å². The van der Waals surface area contributed by atoms with Crippen molar-refractivity contribution >= 4 is 50.3 Å². The summed E-state index contributed by atoms with van der Waals surface area (Å²) >= 11 is 7.76. The van der Waals surface area contributed by atoms with Crippen molar-refractivity contribution in [2.75, 3.05) is 25.2 Å². The zero-order valence-corrected chi connectivity index (χ0v) is 17.6. The van der Waals surface area contributed by atoms with Gasteiger partial charge in [-0.1, -0.05) is 53.3 Å². The largest absolute Gasteiger partial charge is 0.494 e. The Morgan fingerprint density at radius 3 is 2.90 bits per heavy atom. The van der Waals surface area contributed by atoms with Gasteiger partial charge in [-0.2, -0.15) is 0 Å². The molecule has 150 valence electrons. The molecule has 0 spiro atoms. The van der Waals surface area contributed by atoms with E-state index in [1.807, 2.05) is 36.4 Å². The minimum absolute atomic E-state index is 0.00783. The second-order valence-corrected chi connectivity index (χ2v) is 8.14. The highest BCUT2D eigenvalue weighted by molar-refractivity contribution is 7.23. The first kappa shape index (κ1) is 19.9. The Bertz CT molecular complexity index is 1030. The fourth-order valence-corrected chi connectivity index (χ4v) is 4.57. The van der Waals surface area contributed by atoms with E-state index >= 15 is 0 Å². The second kappa shape index (κ2) is 8.95. The molecule has 5 nitrogen and oxygen atoms in total. The van der Waals surface area contributed by atoms with E-state index in [1.165, 1.54) is 11.3 Å². The lowest BCUT2D eigenvalue weighted by atomic mass is 10.2. The number of amides is 1. The Labute approximate surface area is 178 Å². The van der Waals surface area contributed by atoms with Crippen molar-refractivity contribution < 1.29 is 14.3 Å². The van der Waals surface area contributed by atoms with E-state index in [1.54, 1.807) is 30.2 Å². The van der Waals surface area contributed by atoms with Crippen LogP contribution < -0.4 is 9.64 Å². The van der Waals surface area contributed by atoms with Gasteiger partial charge in [-0.15, -0.1) is 0 Å². The standard InChI is InChI=1S/C22H21ClN2O3S/c1-27-18-11-10-17(23)21-20(18)24-22(29-21)25(14-16-8-5-13-28-16)19(26)12-9-15-6-3-2-4-7-15/h2-4,6-7,9-12,16H,5,8,13-14H2,1H3/b12-9+. The molecule has 1 unspecified atom stereocenters. The number of benzene rings is 2. The van der Waals surface area contributed by atoms with Gasteiger partial charge in [0.15, 0.2) is 5.13 Å². The predicted octanol–water partition coefficient (Wildman–Crippen LogP) is 5.18. The van der Waals surface area contributed by atoms with Crippen LogP contribution in [0.2, 0.25) is 5.02 Å². The Balaban J connectivity index is 1.68. The first-order chi connectivity index (χ1) is 14.2. The zero-order chi connectivity index (χ0) is 20.2. The first-order valence-electron chi connectivity index (χ1n) is 9.45. The Kier molecular flexibility index (Phi) is 6.13. The smallest absolute Gasteiger partial charge is 0.252 e. The van der Waals surface area contributed by atoms with Gasteiger partial charge in [-0.05, 0) is 36.6 Å². The Morgan fingerprint density at radius 1 is 1.34 bits per heavy atom. The molecule has 2 heterocycles. The maximum absolute atomic E-state index is 13.1. The van der Waals surface area contributed by atoms with Gasteiger partial charge in [-0.25, -0.2) is 4.98 Å². The molecule has 1 amide bonds. The topological polar surface area (TPSA) is 51.7 Å². The van der Waals surface area contributed by atoms with E-state index in [-0.39, 0.29) is 12.0 Å². The van der Waals surface area contributed by atoms with Gasteiger partial charge in [0.2, 0.25) is 0 Å². The van der Waals surface area contributed by atoms with Crippen molar-refractivity contribution in [1.29, 1.82) is 0 Å². The van der Waals surface area contributed by atoms with Gasteiger partial charge < -0.3 is 9.47 Å². The van der Waals surface area contributed by atoms with E-state index < -0.39 is 0 Å². The molecular formula is C22H21ClN2O3S. The molecule has 1 aliphatic rings. The molecule has 0 N–H and O–H groups in total. The number of carbonyl (C=O) groups is 1. The summed E-state index contributed by atoms with van der Waals surface area (Å²) in [4.78, 5) is 19.5. The maximum atomic E-state index is 13.1. The van der Waals surface area contributed by atoms with Gasteiger partial charge in [0.25, 0.3) is 5.91 Å². The zero-order valence-electron chi connectivity index (χ0n) is 16.0. The molecule has 1 saturated heterocycles. The number of aromatic nitrogens is 1. The molecule has 1 aromatic heterocycles. The molecule has 2 aromatic carbocycles. The first-order valence-corrected chi connectivity index (χ1v) is 10.6. The van der Waals surface area contributed by atoms with E-state index in [9.17, 15) is 4.79 Å². The number of rotatable bonds is 6. The van der Waals surface area contributed by atoms with Crippen LogP contribution in [0.15, 0.2) is 48.5 Å². The molecule has 1 atom stereocenters. The van der Waals surface area contributed by atoms with Crippen LogP contribution in [0, 0.1) is 0 Å². The highest BCUT2D eigenvalue weighted by atomic mass is 35.5. The summed E-state index contributed by atoms with van der Waals surface area (Å²) < 4.78 is 12.0. The van der Waals surface area contributed by atoms with Gasteiger partial charge in [0, 0.05) is 12.7 Å². The molecule has 1 fully saturated rings. The third kappa shape index (κ3) is 4.45. The fraction of sp³-hybridized carbons (Fsp3) is 0.273. The van der Waals surface area contributed by atoms with E-state index in [0.29, 0.717) is 28.0 Å². The van der Waals surface area contributed by atoms with E-state index in [4.69, 9.17) is 21.1 Å². The van der Waals surface area contributed by atoms with Gasteiger partial charge in [0.05, 0.1) is 29.5 Å². The molecule has 7 heteroatoms. The summed E-state index contributed by atoms with van der Waals surface area (Å²) in [7, 11) is 1.60. The van der Waals surface area contributed by atoms with Crippen LogP contribution in [0.3, 0.4) is 0 Å². The number of methoxy groups -OCH3 is 1. The average Bonchev–Trinajstić information content (AvgIpc) is 3.42. The summed E-state index contributed by atoms with van der Waals surface area (Å²) in [6.45, 7) is 1.18. The third-order valence-electron chi connectivity index (χ3n) is 4.79. The minimum Gasteiger partial charge on any atom is -0.494 e. The lowest BCUT2D eigenvalue weighted by Crippen LogP contribution is -2.36. The van der Waals surface area contributed by atoms with Crippen molar-refractivity contribution in [2.45, 2.75) is 18.9 Å². The molecular weight excluding hydrogens is 408 g/mol. The van der Waals surface area contributed by atoms with Gasteiger partial charge >= 0.3 is 0 Å². The van der Waals surface area contributed by atoms with Crippen LogP contribution in [0.1, 0.15) is 18.4 Å². The fourth-order valence-electron chi connectivity index (χ4n) is 3.30. The highest BCUT2D eigenvalue weighted by Crippen LogP contribution is 2.39. The number of thiazole rings is 1. The monoisotopic (exact) mass is 428 g/mol. The SMILES string of the molecule is COc1ccc(Cl)c2sc(N(CC3CCCO3)C(=O)/C=C/c3ccccc3)nc12. The molecule has 0 saturated carbocycles. The van der Waals surface area contributed by atoms with E-state index in [2.05, 4.69) is 4.98 Å². The summed E-state index contributed by atoms with van der Waals surface area (Å²) in [5, 5.41) is 1.18. The maximum Gasteiger partial charge on any atom is 0.252 e. The third-order valence-corrected chi connectivity index (χ3v) is 6.33. The van der Waals surface area contributed by atoms with Crippen LogP contribution in [-0.2, 0) is 9.53 Å². The molecule has 0 aliphatic carbocycles. The molecule has 0 bridgehead atoms. The average molecular weight is 429 g/mol. The molecule has 1 aliphatic heterocycles. The van der Waals surface area contributed by atoms with Crippen molar-refractivity contribution in [3.63, 3.8) is 0 Å². The predicted molar refractivity (Wildman–Crippen MR) is 118 cm³/mol. The number of hydrogen-bond acceptors (Lipinski definition) is 5. The normalized spacial score (nSPS) is 16.6. The second-order valence-electron chi connectivity index (χ2n) is 6.75. The molecule has 29 heavy (non-hydrogen) atoms. The summed E-state index contributed by atoms with van der Waals surface area (Å²) in [6, 6.07) is 13.3. The van der Waals surface area contributed by atoms with Crippen molar-refractivity contribution in [3.8, 4) is 5.75 Å². The number of halogens is 1. The number of fused-ring (bicyclic) bond motifs is 1. The van der Waals surface area contributed by atoms with Gasteiger partial charge in [-0.3, -0.25) is 9.69 Å². The van der Waals surface area contributed by atoms with Crippen molar-refractivity contribution in [1.82, 2.24) is 4.98 Å². The van der Waals surface area contributed by atoms with Crippen LogP contribution in [0.5, 0.6) is 5.75 Å². The van der Waals surface area contributed by atoms with Gasteiger partial charge in [0.1, 0.15) is 11.3 Å². The minimum atomic E-state index is -0.140. The van der Waals surface area contributed by atoms with Crippen molar-refractivity contribution in [3.05, 3.63) is 59.1 Å². The van der Waals surface area contributed by atoms with Crippen LogP contribution in [0.25, 0.3) is 16.3 Å². The highest BCUT2D eigenvalue weighted by Gasteiger charge is 2.26. The van der Waals surface area contributed by atoms with Crippen molar-refractivity contribution in [2.24, 2.45) is 0 Å². The molecule has 3 aromatic rings. The number of carbonyl (C=O) groups excluding carboxylic acids is 1. The summed E-state index contributed by atoms with van der Waals surface area (Å²) in [5.74, 6) is 0.495. The Morgan fingerprint density at radius 2 is 2.17 bits per heavy atom. The lowest BCUT2D eigenvalue weighted by Gasteiger charge is -2.21. The van der Waals surface area contributed by atoms with Crippen LogP contribution in [0.4, 0.5) is 5.13 Å². The quantitative estimate of drug-likeness (QED) is 0.507. The van der Waals surface area contributed by atoms with Crippen LogP contribution in [-0.4, -0.2) is 37.3 Å². The lowest BCUT2D eigenvalue weighted by molar-refractivity contribution is -0.114. The van der Waals surface area contributed by atoms with E-state index in [0.717, 1.165) is 29.7 Å². The summed E-state index contributed by atoms with van der Waals surface area (Å²) in [6.07, 6.45) is 5.34. The Hall–Kier alpha value is -2.41. The number of anilines is 1. The number of hydrogen-bond donors (Lipinski definition) is 0. The molecule has 4 rings (SSSR count).